The molecule has 1 fully saturated rings. The van der Waals surface area contributed by atoms with E-state index in [1.807, 2.05) is 86.3 Å². The molecule has 1 N–H and O–H groups in total. The normalized spacial score (nSPS) is 14.1. The smallest absolute Gasteiger partial charge is 0.284 e. The third kappa shape index (κ3) is 6.43. The highest BCUT2D eigenvalue weighted by Gasteiger charge is 2.29. The number of aromatic nitrogens is 5. The first-order valence-corrected chi connectivity index (χ1v) is 14.3. The van der Waals surface area contributed by atoms with Gasteiger partial charge in [-0.15, -0.1) is 5.10 Å². The van der Waals surface area contributed by atoms with E-state index >= 15 is 0 Å². The Labute approximate surface area is 245 Å². The summed E-state index contributed by atoms with van der Waals surface area (Å²) in [7, 11) is 0. The summed E-state index contributed by atoms with van der Waals surface area (Å²) < 4.78 is 17.2. The van der Waals surface area contributed by atoms with Crippen LogP contribution in [0.1, 0.15) is 48.9 Å². The number of para-hydroxylation sites is 1. The highest BCUT2D eigenvalue weighted by Crippen LogP contribution is 2.20. The summed E-state index contributed by atoms with van der Waals surface area (Å²) in [5.41, 5.74) is 3.10. The van der Waals surface area contributed by atoms with E-state index in [1.165, 1.54) is 12.1 Å². The molecule has 6 rings (SSSR count). The van der Waals surface area contributed by atoms with Gasteiger partial charge in [0.1, 0.15) is 17.2 Å². The fourth-order valence-corrected chi connectivity index (χ4v) is 5.02. The van der Waals surface area contributed by atoms with Crippen molar-refractivity contribution < 1.29 is 9.18 Å². The number of amides is 1. The van der Waals surface area contributed by atoms with E-state index in [1.54, 1.807) is 29.1 Å². The van der Waals surface area contributed by atoms with Gasteiger partial charge in [-0.3, -0.25) is 14.3 Å². The Hall–Kier alpha value is -4.73. The molecule has 5 aromatic rings. The second-order valence-electron chi connectivity index (χ2n) is 9.69. The standard InChI is InChI=1S/C24H27N7O2.C6H5F.C2H6/c1-4-29-17(3)22(24(33)31(29)19-8-6-5-7-9-19)23(32)26-18-12-13-28(15-18)21-11-10-20-25-14-16(2)30(20)27-21;7-6-4-2-1-3-5-6;1-2/h5-11,14,18H,4,12-13,15H2,1-3H3,(H,26,32);1-5H;1-2H3/t18-;;/m0../s1. The van der Waals surface area contributed by atoms with Gasteiger partial charge in [-0.1, -0.05) is 50.2 Å². The van der Waals surface area contributed by atoms with E-state index < -0.39 is 0 Å². The zero-order valence-electron chi connectivity index (χ0n) is 24.8. The van der Waals surface area contributed by atoms with Crippen molar-refractivity contribution in [3.8, 4) is 5.69 Å². The van der Waals surface area contributed by atoms with Crippen molar-refractivity contribution in [1.29, 1.82) is 0 Å². The van der Waals surface area contributed by atoms with Crippen LogP contribution in [0.4, 0.5) is 10.2 Å². The minimum absolute atomic E-state index is 0.0622. The molecule has 0 radical (unpaired) electrons. The molecule has 10 heteroatoms. The molecule has 0 aliphatic carbocycles. The molecular weight excluding hydrogens is 533 g/mol. The molecule has 220 valence electrons. The van der Waals surface area contributed by atoms with E-state index in [0.29, 0.717) is 18.8 Å². The molecular formula is C32H38FN7O2. The maximum atomic E-state index is 13.3. The number of fused-ring (bicyclic) bond motifs is 1. The van der Waals surface area contributed by atoms with Crippen LogP contribution in [0, 0.1) is 19.7 Å². The predicted octanol–water partition coefficient (Wildman–Crippen LogP) is 5.18. The molecule has 0 unspecified atom stereocenters. The van der Waals surface area contributed by atoms with Crippen LogP contribution in [-0.2, 0) is 6.54 Å². The monoisotopic (exact) mass is 571 g/mol. The van der Waals surface area contributed by atoms with Gasteiger partial charge in [0.05, 0.1) is 23.3 Å². The Kier molecular flexibility index (Phi) is 9.90. The highest BCUT2D eigenvalue weighted by molar-refractivity contribution is 5.95. The van der Waals surface area contributed by atoms with Gasteiger partial charge in [-0.05, 0) is 63.6 Å². The zero-order chi connectivity index (χ0) is 30.2. The van der Waals surface area contributed by atoms with E-state index in [4.69, 9.17) is 0 Å². The van der Waals surface area contributed by atoms with Crippen molar-refractivity contribution in [2.24, 2.45) is 0 Å². The fourth-order valence-electron chi connectivity index (χ4n) is 5.02. The van der Waals surface area contributed by atoms with Gasteiger partial charge in [-0.2, -0.15) is 0 Å². The number of nitrogens with one attached hydrogen (secondary N) is 1. The quantitative estimate of drug-likeness (QED) is 0.314. The van der Waals surface area contributed by atoms with Gasteiger partial charge in [0.15, 0.2) is 5.65 Å². The number of carbonyl (C=O) groups is 1. The Morgan fingerprint density at radius 2 is 1.67 bits per heavy atom. The van der Waals surface area contributed by atoms with Gasteiger partial charge in [0.25, 0.3) is 11.5 Å². The largest absolute Gasteiger partial charge is 0.353 e. The second kappa shape index (κ2) is 13.8. The number of rotatable bonds is 5. The first-order valence-electron chi connectivity index (χ1n) is 14.3. The number of hydrogen-bond acceptors (Lipinski definition) is 5. The molecule has 9 nitrogen and oxygen atoms in total. The summed E-state index contributed by atoms with van der Waals surface area (Å²) in [6.07, 6.45) is 2.58. The minimum Gasteiger partial charge on any atom is -0.353 e. The number of benzene rings is 2. The van der Waals surface area contributed by atoms with Crippen LogP contribution in [0.2, 0.25) is 0 Å². The van der Waals surface area contributed by atoms with E-state index in [-0.39, 0.29) is 28.9 Å². The summed E-state index contributed by atoms with van der Waals surface area (Å²) in [4.78, 5) is 32.9. The van der Waals surface area contributed by atoms with Crippen molar-refractivity contribution in [1.82, 2.24) is 29.3 Å². The second-order valence-corrected chi connectivity index (χ2v) is 9.69. The van der Waals surface area contributed by atoms with Gasteiger partial charge in [-0.25, -0.2) is 18.6 Å². The summed E-state index contributed by atoms with van der Waals surface area (Å²) in [5.74, 6) is 0.345. The van der Waals surface area contributed by atoms with Crippen LogP contribution in [0.5, 0.6) is 0 Å². The SMILES string of the molecule is CC.CCn1c(C)c(C(=O)N[C@H]2CCN(c3ccc4ncc(C)n4n3)C2)c(=O)n1-c1ccccc1.Fc1ccccc1. The van der Waals surface area contributed by atoms with Crippen LogP contribution < -0.4 is 15.8 Å². The third-order valence-corrected chi connectivity index (χ3v) is 7.02. The molecule has 0 bridgehead atoms. The van der Waals surface area contributed by atoms with Crippen molar-refractivity contribution in [3.05, 3.63) is 112 Å². The minimum atomic E-state index is -0.324. The molecule has 1 aliphatic heterocycles. The van der Waals surface area contributed by atoms with Crippen LogP contribution >= 0.6 is 0 Å². The van der Waals surface area contributed by atoms with Crippen LogP contribution in [0.25, 0.3) is 11.3 Å². The molecule has 1 atom stereocenters. The van der Waals surface area contributed by atoms with Gasteiger partial charge in [0, 0.05) is 25.7 Å². The average molecular weight is 572 g/mol. The fraction of sp³-hybridized carbons (Fsp3) is 0.312. The van der Waals surface area contributed by atoms with Crippen molar-refractivity contribution >= 4 is 17.4 Å². The molecule has 0 spiro atoms. The number of hydrogen-bond donors (Lipinski definition) is 1. The van der Waals surface area contributed by atoms with E-state index in [0.717, 1.165) is 35.8 Å². The first kappa shape index (κ1) is 30.2. The highest BCUT2D eigenvalue weighted by atomic mass is 19.1. The molecule has 2 aromatic carbocycles. The number of anilines is 1. The Morgan fingerprint density at radius 1 is 1.00 bits per heavy atom. The zero-order valence-corrected chi connectivity index (χ0v) is 24.8. The number of carbonyl (C=O) groups excluding carboxylic acids is 1. The van der Waals surface area contributed by atoms with E-state index in [9.17, 15) is 14.0 Å². The van der Waals surface area contributed by atoms with Crippen molar-refractivity contribution in [2.45, 2.75) is 53.6 Å². The molecule has 4 heterocycles. The van der Waals surface area contributed by atoms with Gasteiger partial charge >= 0.3 is 0 Å². The first-order chi connectivity index (χ1) is 20.4. The maximum Gasteiger partial charge on any atom is 0.284 e. The lowest BCUT2D eigenvalue weighted by Gasteiger charge is -2.18. The topological polar surface area (TPSA) is 89.5 Å². The number of aryl methyl sites for hydroxylation is 1. The molecule has 42 heavy (non-hydrogen) atoms. The number of nitrogens with zero attached hydrogens (tertiary/aromatic N) is 6. The molecule has 0 saturated carbocycles. The molecule has 1 aliphatic rings. The van der Waals surface area contributed by atoms with Crippen molar-refractivity contribution in [2.75, 3.05) is 18.0 Å². The predicted molar refractivity (Wildman–Crippen MR) is 164 cm³/mol. The third-order valence-electron chi connectivity index (χ3n) is 7.02. The lowest BCUT2D eigenvalue weighted by Crippen LogP contribution is -2.39. The summed E-state index contributed by atoms with van der Waals surface area (Å²) in [6, 6.07) is 21.2. The summed E-state index contributed by atoms with van der Waals surface area (Å²) in [6.45, 7) is 11.8. The Bertz CT molecular complexity index is 1680. The Balaban J connectivity index is 0.000000390. The summed E-state index contributed by atoms with van der Waals surface area (Å²) in [5, 5.41) is 7.77. The molecule has 3 aromatic heterocycles. The molecule has 1 amide bonds. The molecule has 1 saturated heterocycles. The van der Waals surface area contributed by atoms with Crippen LogP contribution in [-0.4, -0.2) is 49.0 Å². The summed E-state index contributed by atoms with van der Waals surface area (Å²) >= 11 is 0. The maximum absolute atomic E-state index is 13.3. The lowest BCUT2D eigenvalue weighted by atomic mass is 10.2. The number of halogens is 1. The van der Waals surface area contributed by atoms with Crippen LogP contribution in [0.3, 0.4) is 0 Å². The van der Waals surface area contributed by atoms with Gasteiger partial charge in [0.2, 0.25) is 0 Å². The Morgan fingerprint density at radius 3 is 2.29 bits per heavy atom. The van der Waals surface area contributed by atoms with Crippen LogP contribution in [0.15, 0.2) is 83.8 Å². The lowest BCUT2D eigenvalue weighted by molar-refractivity contribution is 0.0938. The van der Waals surface area contributed by atoms with Gasteiger partial charge < -0.3 is 10.2 Å². The average Bonchev–Trinajstić information content (AvgIpc) is 3.70. The van der Waals surface area contributed by atoms with E-state index in [2.05, 4.69) is 20.3 Å². The number of imidazole rings is 1. The van der Waals surface area contributed by atoms with Crippen molar-refractivity contribution in [3.63, 3.8) is 0 Å².